The second-order valence-electron chi connectivity index (χ2n) is 4.72. The van der Waals surface area contributed by atoms with Crippen molar-refractivity contribution in [3.63, 3.8) is 0 Å². The highest BCUT2D eigenvalue weighted by Gasteiger charge is 2.30. The zero-order valence-electron chi connectivity index (χ0n) is 11.4. The smallest absolute Gasteiger partial charge is 0.242 e. The molecule has 0 aliphatic heterocycles. The highest BCUT2D eigenvalue weighted by atomic mass is 32.2. The molecular formula is C13H17FN2O3S. The largest absolute Gasteiger partial charge is 0.396 e. The van der Waals surface area contributed by atoms with Gasteiger partial charge in [0.2, 0.25) is 10.0 Å². The van der Waals surface area contributed by atoms with E-state index in [0.717, 1.165) is 6.07 Å². The van der Waals surface area contributed by atoms with E-state index in [9.17, 15) is 12.8 Å². The molecule has 1 rings (SSSR count). The van der Waals surface area contributed by atoms with Crippen LogP contribution >= 0.6 is 0 Å². The summed E-state index contributed by atoms with van der Waals surface area (Å²) in [4.78, 5) is -0.391. The van der Waals surface area contributed by atoms with Gasteiger partial charge in [-0.05, 0) is 31.9 Å². The third-order valence-corrected chi connectivity index (χ3v) is 4.88. The molecule has 1 aromatic rings. The molecule has 5 nitrogen and oxygen atoms in total. The van der Waals surface area contributed by atoms with Crippen molar-refractivity contribution in [1.29, 1.82) is 5.26 Å². The van der Waals surface area contributed by atoms with Crippen LogP contribution in [-0.4, -0.2) is 25.7 Å². The van der Waals surface area contributed by atoms with Gasteiger partial charge < -0.3 is 5.11 Å². The van der Waals surface area contributed by atoms with Crippen molar-refractivity contribution in [1.82, 2.24) is 4.72 Å². The summed E-state index contributed by atoms with van der Waals surface area (Å²) < 4.78 is 40.5. The van der Waals surface area contributed by atoms with Crippen LogP contribution < -0.4 is 4.72 Å². The number of rotatable bonds is 6. The van der Waals surface area contributed by atoms with E-state index >= 15 is 0 Å². The summed E-state index contributed by atoms with van der Waals surface area (Å²) in [6.45, 7) is 3.24. The summed E-state index contributed by atoms with van der Waals surface area (Å²) in [7, 11) is -4.04. The number of nitrogens with zero attached hydrogens (tertiary/aromatic N) is 1. The molecule has 2 N–H and O–H groups in total. The van der Waals surface area contributed by atoms with Crippen LogP contribution in [0.2, 0.25) is 0 Å². The number of hydrogen-bond donors (Lipinski definition) is 2. The van der Waals surface area contributed by atoms with Gasteiger partial charge in [0, 0.05) is 12.1 Å². The first kappa shape index (κ1) is 16.6. The molecule has 0 saturated heterocycles. The molecule has 0 bridgehead atoms. The lowest BCUT2D eigenvalue weighted by Gasteiger charge is -2.28. The van der Waals surface area contributed by atoms with E-state index in [1.807, 2.05) is 0 Å². The van der Waals surface area contributed by atoms with Gasteiger partial charge in [0.05, 0.1) is 0 Å². The Morgan fingerprint density at radius 2 is 2.15 bits per heavy atom. The predicted molar refractivity (Wildman–Crippen MR) is 71.8 cm³/mol. The van der Waals surface area contributed by atoms with Gasteiger partial charge in [-0.25, -0.2) is 17.5 Å². The van der Waals surface area contributed by atoms with Crippen molar-refractivity contribution in [2.75, 3.05) is 6.61 Å². The second kappa shape index (κ2) is 6.31. The summed E-state index contributed by atoms with van der Waals surface area (Å²) in [5.74, 6) is -0.879. The van der Waals surface area contributed by atoms with E-state index in [0.29, 0.717) is 6.42 Å². The number of nitriles is 1. The first-order chi connectivity index (χ1) is 9.29. The number of nitrogens with one attached hydrogen (secondary N) is 1. The average molecular weight is 300 g/mol. The lowest BCUT2D eigenvalue weighted by atomic mass is 9.97. The molecule has 0 aromatic heterocycles. The van der Waals surface area contributed by atoms with Crippen LogP contribution in [0.25, 0.3) is 0 Å². The number of aliphatic hydroxyl groups is 1. The first-order valence-corrected chi connectivity index (χ1v) is 7.61. The molecule has 0 spiro atoms. The topological polar surface area (TPSA) is 90.2 Å². The molecule has 7 heteroatoms. The van der Waals surface area contributed by atoms with E-state index in [1.54, 1.807) is 19.9 Å². The van der Waals surface area contributed by atoms with Crippen LogP contribution in [0.15, 0.2) is 23.1 Å². The monoisotopic (exact) mass is 300 g/mol. The summed E-state index contributed by atoms with van der Waals surface area (Å²) >= 11 is 0. The Bertz CT molecular complexity index is 625. The zero-order chi connectivity index (χ0) is 15.4. The molecule has 0 fully saturated rings. The summed E-state index contributed by atoms with van der Waals surface area (Å²) in [5.41, 5.74) is -1.37. The van der Waals surface area contributed by atoms with Crippen LogP contribution in [-0.2, 0) is 10.0 Å². The predicted octanol–water partition coefficient (Wildman–Crippen LogP) is 1.53. The minimum atomic E-state index is -4.04. The number of aliphatic hydroxyl groups excluding tert-OH is 1. The number of hydrogen-bond acceptors (Lipinski definition) is 4. The van der Waals surface area contributed by atoms with Gasteiger partial charge in [0.1, 0.15) is 22.3 Å². The molecule has 1 aromatic carbocycles. The normalized spacial score (nSPS) is 14.6. The van der Waals surface area contributed by atoms with Crippen LogP contribution in [0.3, 0.4) is 0 Å². The molecule has 0 aliphatic carbocycles. The van der Waals surface area contributed by atoms with E-state index in [4.69, 9.17) is 10.4 Å². The molecular weight excluding hydrogens is 283 g/mol. The van der Waals surface area contributed by atoms with Gasteiger partial charge in [-0.1, -0.05) is 13.0 Å². The fraction of sp³-hybridized carbons (Fsp3) is 0.462. The maximum atomic E-state index is 13.5. The Labute approximate surface area is 118 Å². The lowest BCUT2D eigenvalue weighted by molar-refractivity contribution is 0.233. The van der Waals surface area contributed by atoms with Gasteiger partial charge in [-0.15, -0.1) is 0 Å². The van der Waals surface area contributed by atoms with Crippen molar-refractivity contribution in [3.8, 4) is 6.07 Å². The maximum absolute atomic E-state index is 13.5. The number of halogens is 1. The quantitative estimate of drug-likeness (QED) is 0.833. The second-order valence-corrected chi connectivity index (χ2v) is 6.37. The van der Waals surface area contributed by atoms with Crippen molar-refractivity contribution in [3.05, 3.63) is 29.6 Å². The zero-order valence-corrected chi connectivity index (χ0v) is 12.2. The number of sulfonamides is 1. The Balaban J connectivity index is 3.26. The van der Waals surface area contributed by atoms with E-state index in [-0.39, 0.29) is 13.0 Å². The van der Waals surface area contributed by atoms with Crippen LogP contribution in [0.1, 0.15) is 32.3 Å². The summed E-state index contributed by atoms with van der Waals surface area (Å²) in [6, 6.07) is 5.01. The van der Waals surface area contributed by atoms with Crippen LogP contribution in [0.5, 0.6) is 0 Å². The Hall–Kier alpha value is -1.49. The molecule has 20 heavy (non-hydrogen) atoms. The Morgan fingerprint density at radius 1 is 1.50 bits per heavy atom. The molecule has 0 aliphatic rings. The van der Waals surface area contributed by atoms with Crippen molar-refractivity contribution in [2.45, 2.75) is 37.1 Å². The van der Waals surface area contributed by atoms with Gasteiger partial charge in [-0.2, -0.15) is 5.26 Å². The molecule has 1 unspecified atom stereocenters. The molecule has 0 heterocycles. The molecule has 0 amide bonds. The maximum Gasteiger partial charge on any atom is 0.242 e. The third-order valence-electron chi connectivity index (χ3n) is 3.20. The van der Waals surface area contributed by atoms with Gasteiger partial charge in [-0.3, -0.25) is 0 Å². The molecule has 0 saturated carbocycles. The minimum absolute atomic E-state index is 0.179. The molecule has 1 atom stereocenters. The average Bonchev–Trinajstić information content (AvgIpc) is 2.38. The summed E-state index contributed by atoms with van der Waals surface area (Å²) in [5, 5.41) is 17.9. The van der Waals surface area contributed by atoms with E-state index in [1.165, 1.54) is 12.1 Å². The first-order valence-electron chi connectivity index (χ1n) is 6.13. The van der Waals surface area contributed by atoms with Crippen molar-refractivity contribution >= 4 is 10.0 Å². The fourth-order valence-electron chi connectivity index (χ4n) is 1.76. The number of benzene rings is 1. The molecule has 0 radical (unpaired) electrons. The molecule has 110 valence electrons. The van der Waals surface area contributed by atoms with Gasteiger partial charge in [0.25, 0.3) is 0 Å². The Morgan fingerprint density at radius 3 is 2.65 bits per heavy atom. The van der Waals surface area contributed by atoms with Gasteiger partial charge in [0.15, 0.2) is 0 Å². The fourth-order valence-corrected chi connectivity index (χ4v) is 3.44. The SMILES string of the molecule is CCC(C)(CCO)NS(=O)(=O)c1cccc(F)c1C#N. The van der Waals surface area contributed by atoms with Crippen LogP contribution in [0.4, 0.5) is 4.39 Å². The summed E-state index contributed by atoms with van der Waals surface area (Å²) in [6.07, 6.45) is 0.671. The Kier molecular flexibility index (Phi) is 5.22. The highest BCUT2D eigenvalue weighted by Crippen LogP contribution is 2.22. The van der Waals surface area contributed by atoms with Crippen molar-refractivity contribution < 1.29 is 17.9 Å². The minimum Gasteiger partial charge on any atom is -0.396 e. The van der Waals surface area contributed by atoms with Crippen molar-refractivity contribution in [2.24, 2.45) is 0 Å². The van der Waals surface area contributed by atoms with Gasteiger partial charge >= 0.3 is 0 Å². The van der Waals surface area contributed by atoms with E-state index < -0.39 is 31.8 Å². The third kappa shape index (κ3) is 3.54. The van der Waals surface area contributed by atoms with E-state index in [2.05, 4.69) is 4.72 Å². The standard InChI is InChI=1S/C13H17FN2O3S/c1-3-13(2,7-8-17)16-20(18,19)12-6-4-5-11(14)10(12)9-15/h4-6,16-17H,3,7-8H2,1-2H3. The lowest BCUT2D eigenvalue weighted by Crippen LogP contribution is -2.46. The highest BCUT2D eigenvalue weighted by molar-refractivity contribution is 7.89. The van der Waals surface area contributed by atoms with Crippen LogP contribution in [0, 0.1) is 17.1 Å².